The Morgan fingerprint density at radius 3 is 2.79 bits per heavy atom. The minimum Gasteiger partial charge on any atom is -0.449 e. The van der Waals surface area contributed by atoms with Crippen LogP contribution in [0.25, 0.3) is 6.08 Å². The van der Waals surface area contributed by atoms with E-state index in [1.807, 2.05) is 6.07 Å². The summed E-state index contributed by atoms with van der Waals surface area (Å²) >= 11 is 0. The third-order valence-corrected chi connectivity index (χ3v) is 4.57. The molecule has 0 spiro atoms. The van der Waals surface area contributed by atoms with Crippen molar-refractivity contribution in [2.45, 2.75) is 0 Å². The molecule has 0 saturated carbocycles. The predicted molar refractivity (Wildman–Crippen MR) is 103 cm³/mol. The van der Waals surface area contributed by atoms with Crippen molar-refractivity contribution in [3.8, 4) is 5.75 Å². The number of nitrogen functional groups attached to an aromatic ring is 1. The molecule has 3 heterocycles. The number of pyridine rings is 1. The summed E-state index contributed by atoms with van der Waals surface area (Å²) in [5.74, 6) is -0.0221. The molecule has 8 heteroatoms. The van der Waals surface area contributed by atoms with Crippen LogP contribution in [0.3, 0.4) is 0 Å². The second-order valence-electron chi connectivity index (χ2n) is 6.48. The number of anilines is 2. The van der Waals surface area contributed by atoms with Crippen molar-refractivity contribution in [3.63, 3.8) is 0 Å². The van der Waals surface area contributed by atoms with E-state index in [1.54, 1.807) is 47.5 Å². The minimum atomic E-state index is -0.399. The molecule has 0 unspecified atom stereocenters. The van der Waals surface area contributed by atoms with Crippen LogP contribution in [0.1, 0.15) is 5.69 Å². The van der Waals surface area contributed by atoms with Crippen LogP contribution in [0.4, 0.5) is 11.4 Å². The Hall–Kier alpha value is -3.39. The number of nitrogens with zero attached hydrogens (tertiary/aromatic N) is 3. The van der Waals surface area contributed by atoms with Crippen LogP contribution in [0.2, 0.25) is 0 Å². The molecular formula is C20H20N4O4. The zero-order valence-corrected chi connectivity index (χ0v) is 15.2. The lowest BCUT2D eigenvalue weighted by Crippen LogP contribution is -2.48. The van der Waals surface area contributed by atoms with Crippen molar-refractivity contribution in [3.05, 3.63) is 54.0 Å². The molecule has 0 aliphatic carbocycles. The summed E-state index contributed by atoms with van der Waals surface area (Å²) in [5, 5.41) is 0. The summed E-state index contributed by atoms with van der Waals surface area (Å²) in [5.41, 5.74) is 7.47. The molecular weight excluding hydrogens is 360 g/mol. The first-order valence-electron chi connectivity index (χ1n) is 8.99. The Morgan fingerprint density at radius 1 is 1.21 bits per heavy atom. The molecule has 2 aliphatic rings. The number of amides is 2. The Bertz CT molecular complexity index is 923. The highest BCUT2D eigenvalue weighted by Gasteiger charge is 2.33. The van der Waals surface area contributed by atoms with E-state index in [2.05, 4.69) is 4.98 Å². The molecule has 1 fully saturated rings. The molecule has 28 heavy (non-hydrogen) atoms. The molecule has 144 valence electrons. The number of rotatable bonds is 3. The van der Waals surface area contributed by atoms with Gasteiger partial charge < -0.3 is 20.1 Å². The normalized spacial score (nSPS) is 18.0. The third kappa shape index (κ3) is 3.67. The fourth-order valence-corrected chi connectivity index (χ4v) is 3.13. The number of benzene rings is 1. The van der Waals surface area contributed by atoms with Crippen LogP contribution < -0.4 is 15.4 Å². The average molecular weight is 380 g/mol. The monoisotopic (exact) mass is 380 g/mol. The Morgan fingerprint density at radius 2 is 2.04 bits per heavy atom. The van der Waals surface area contributed by atoms with E-state index in [0.717, 1.165) is 0 Å². The number of morpholine rings is 1. The van der Waals surface area contributed by atoms with Gasteiger partial charge in [-0.05, 0) is 24.3 Å². The Kier molecular flexibility index (Phi) is 4.94. The summed E-state index contributed by atoms with van der Waals surface area (Å²) in [6, 6.07) is 10.4. The van der Waals surface area contributed by atoms with Crippen molar-refractivity contribution < 1.29 is 19.1 Å². The van der Waals surface area contributed by atoms with E-state index in [0.29, 0.717) is 49.1 Å². The summed E-state index contributed by atoms with van der Waals surface area (Å²) in [6.45, 7) is 1.95. The molecule has 2 N–H and O–H groups in total. The lowest BCUT2D eigenvalue weighted by atomic mass is 10.1. The minimum absolute atomic E-state index is 0.0847. The van der Waals surface area contributed by atoms with Gasteiger partial charge in [-0.3, -0.25) is 19.5 Å². The van der Waals surface area contributed by atoms with Gasteiger partial charge in [0.2, 0.25) is 5.91 Å². The number of ether oxygens (including phenoxy) is 2. The first-order chi connectivity index (χ1) is 13.6. The van der Waals surface area contributed by atoms with Crippen molar-refractivity contribution in [2.24, 2.45) is 0 Å². The van der Waals surface area contributed by atoms with Gasteiger partial charge in [-0.25, -0.2) is 0 Å². The van der Waals surface area contributed by atoms with Gasteiger partial charge in [-0.1, -0.05) is 6.07 Å². The molecule has 4 rings (SSSR count). The molecule has 8 nitrogen and oxygen atoms in total. The standard InChI is InChI=1S/C20H20N4O4/c21-14-4-5-16-17(11-14)28-18(12-15-3-1-2-6-22-15)20(26)24(16)13-19(25)23-7-9-27-10-8-23/h1-6,11-12H,7-10,13,21H2/b18-12+. The molecule has 1 aromatic carbocycles. The van der Waals surface area contributed by atoms with Crippen molar-refractivity contribution in [1.82, 2.24) is 9.88 Å². The fourth-order valence-electron chi connectivity index (χ4n) is 3.13. The second kappa shape index (κ2) is 7.69. The van der Waals surface area contributed by atoms with Gasteiger partial charge in [0, 0.05) is 37.1 Å². The lowest BCUT2D eigenvalue weighted by molar-refractivity contribution is -0.135. The molecule has 0 atom stereocenters. The number of hydrogen-bond donors (Lipinski definition) is 1. The van der Waals surface area contributed by atoms with E-state index in [1.165, 1.54) is 4.90 Å². The van der Waals surface area contributed by atoms with E-state index >= 15 is 0 Å². The number of carbonyl (C=O) groups excluding carboxylic acids is 2. The first kappa shape index (κ1) is 18.0. The molecule has 2 aromatic rings. The maximum atomic E-state index is 13.1. The number of hydrogen-bond acceptors (Lipinski definition) is 6. The highest BCUT2D eigenvalue weighted by Crippen LogP contribution is 2.37. The van der Waals surface area contributed by atoms with Crippen molar-refractivity contribution in [2.75, 3.05) is 43.5 Å². The third-order valence-electron chi connectivity index (χ3n) is 4.57. The number of fused-ring (bicyclic) bond motifs is 1. The number of aromatic nitrogens is 1. The Labute approximate surface area is 162 Å². The zero-order chi connectivity index (χ0) is 19.5. The number of nitrogens with two attached hydrogens (primary N) is 1. The molecule has 2 amide bonds. The summed E-state index contributed by atoms with van der Waals surface area (Å²) in [4.78, 5) is 33.1. The summed E-state index contributed by atoms with van der Waals surface area (Å²) in [6.07, 6.45) is 3.19. The van der Waals surface area contributed by atoms with Crippen LogP contribution in [-0.4, -0.2) is 54.5 Å². The lowest BCUT2D eigenvalue weighted by Gasteiger charge is -2.33. The Balaban J connectivity index is 1.66. The quantitative estimate of drug-likeness (QED) is 0.636. The van der Waals surface area contributed by atoms with Gasteiger partial charge in [0.1, 0.15) is 6.54 Å². The number of carbonyl (C=O) groups is 2. The predicted octanol–water partition coefficient (Wildman–Crippen LogP) is 1.29. The van der Waals surface area contributed by atoms with Gasteiger partial charge in [-0.15, -0.1) is 0 Å². The molecule has 0 bridgehead atoms. The second-order valence-corrected chi connectivity index (χ2v) is 6.48. The van der Waals surface area contributed by atoms with E-state index in [-0.39, 0.29) is 18.2 Å². The van der Waals surface area contributed by atoms with Gasteiger partial charge in [-0.2, -0.15) is 0 Å². The van der Waals surface area contributed by atoms with Crippen LogP contribution in [0.5, 0.6) is 5.75 Å². The van der Waals surface area contributed by atoms with Crippen LogP contribution in [0, 0.1) is 0 Å². The highest BCUT2D eigenvalue weighted by molar-refractivity contribution is 6.12. The molecule has 1 aromatic heterocycles. The first-order valence-corrected chi connectivity index (χ1v) is 8.99. The van der Waals surface area contributed by atoms with E-state index in [9.17, 15) is 9.59 Å². The van der Waals surface area contributed by atoms with Crippen molar-refractivity contribution >= 4 is 29.3 Å². The smallest absolute Gasteiger partial charge is 0.294 e. The summed E-state index contributed by atoms with van der Waals surface area (Å²) in [7, 11) is 0. The zero-order valence-electron chi connectivity index (χ0n) is 15.2. The van der Waals surface area contributed by atoms with E-state index in [4.69, 9.17) is 15.2 Å². The van der Waals surface area contributed by atoms with Gasteiger partial charge >= 0.3 is 0 Å². The topological polar surface area (TPSA) is 98.0 Å². The maximum Gasteiger partial charge on any atom is 0.294 e. The average Bonchev–Trinajstić information content (AvgIpc) is 2.72. The highest BCUT2D eigenvalue weighted by atomic mass is 16.5. The fraction of sp³-hybridized carbons (Fsp3) is 0.250. The summed E-state index contributed by atoms with van der Waals surface area (Å²) < 4.78 is 11.1. The van der Waals surface area contributed by atoms with Crippen molar-refractivity contribution in [1.29, 1.82) is 0 Å². The van der Waals surface area contributed by atoms with Gasteiger partial charge in [0.15, 0.2) is 11.5 Å². The van der Waals surface area contributed by atoms with Gasteiger partial charge in [0.05, 0.1) is 24.6 Å². The van der Waals surface area contributed by atoms with Crippen LogP contribution >= 0.6 is 0 Å². The van der Waals surface area contributed by atoms with Gasteiger partial charge in [0.25, 0.3) is 5.91 Å². The van der Waals surface area contributed by atoms with E-state index < -0.39 is 5.91 Å². The van der Waals surface area contributed by atoms with Crippen LogP contribution in [-0.2, 0) is 14.3 Å². The molecule has 0 radical (unpaired) electrons. The molecule has 1 saturated heterocycles. The largest absolute Gasteiger partial charge is 0.449 e. The maximum absolute atomic E-state index is 13.1. The van der Waals surface area contributed by atoms with Crippen LogP contribution in [0.15, 0.2) is 48.4 Å². The molecule has 2 aliphatic heterocycles. The SMILES string of the molecule is Nc1ccc2c(c1)O/C(=C/c1ccccn1)C(=O)N2CC(=O)N1CCOCC1.